The molecule has 1 aliphatic rings. The number of fused-ring (bicyclic) bond motifs is 12. The van der Waals surface area contributed by atoms with Crippen LogP contribution in [-0.2, 0) is 0 Å². The quantitative estimate of drug-likeness (QED) is 0.203. The van der Waals surface area contributed by atoms with E-state index >= 15 is 0 Å². The molecule has 0 saturated carbocycles. The lowest BCUT2D eigenvalue weighted by molar-refractivity contribution is 0.671. The van der Waals surface area contributed by atoms with Gasteiger partial charge >= 0.3 is 0 Å². The Morgan fingerprint density at radius 3 is 1.94 bits per heavy atom. The van der Waals surface area contributed by atoms with E-state index in [1.807, 2.05) is 6.07 Å². The molecule has 11 rings (SSSR count). The SMILES string of the molecule is C1=C(c2ccccc2)N=C(c2ccc(-n3c4c5ccccc5ccc4c4c5ccccc5c5c6ccccc6oc5c43)cc2)NC1c1ccccc1. The number of hydrogen-bond acceptors (Lipinski definition) is 3. The minimum Gasteiger partial charge on any atom is -0.454 e. The first-order valence-corrected chi connectivity index (χ1v) is 17.8. The van der Waals surface area contributed by atoms with Crippen molar-refractivity contribution in [1.29, 1.82) is 0 Å². The van der Waals surface area contributed by atoms with Gasteiger partial charge in [-0.2, -0.15) is 0 Å². The van der Waals surface area contributed by atoms with Gasteiger partial charge in [-0.05, 0) is 63.7 Å². The summed E-state index contributed by atoms with van der Waals surface area (Å²) < 4.78 is 9.27. The third-order valence-electron chi connectivity index (χ3n) is 10.6. The number of amidine groups is 1. The lowest BCUT2D eigenvalue weighted by atomic mass is 9.98. The van der Waals surface area contributed by atoms with Gasteiger partial charge in [-0.25, -0.2) is 4.99 Å². The summed E-state index contributed by atoms with van der Waals surface area (Å²) in [5.41, 5.74) is 9.38. The van der Waals surface area contributed by atoms with Crippen LogP contribution in [0.25, 0.3) is 76.7 Å². The predicted molar refractivity (Wildman–Crippen MR) is 216 cm³/mol. The molecule has 0 radical (unpaired) electrons. The smallest absolute Gasteiger partial charge is 0.160 e. The molecule has 244 valence electrons. The lowest BCUT2D eigenvalue weighted by Gasteiger charge is -2.24. The first-order chi connectivity index (χ1) is 25.8. The van der Waals surface area contributed by atoms with Gasteiger partial charge < -0.3 is 14.3 Å². The topological polar surface area (TPSA) is 42.5 Å². The van der Waals surface area contributed by atoms with Crippen LogP contribution in [0, 0.1) is 0 Å². The number of aliphatic imine (C=N–C) groups is 1. The van der Waals surface area contributed by atoms with Gasteiger partial charge in [-0.15, -0.1) is 0 Å². The molecule has 1 aliphatic heterocycles. The highest BCUT2D eigenvalue weighted by Crippen LogP contribution is 2.47. The van der Waals surface area contributed by atoms with E-state index in [4.69, 9.17) is 9.41 Å². The van der Waals surface area contributed by atoms with Crippen molar-refractivity contribution in [2.45, 2.75) is 6.04 Å². The molecular weight excluding hydrogens is 635 g/mol. The van der Waals surface area contributed by atoms with Crippen LogP contribution in [0.15, 0.2) is 185 Å². The van der Waals surface area contributed by atoms with Crippen LogP contribution in [0.1, 0.15) is 22.7 Å². The van der Waals surface area contributed by atoms with Crippen molar-refractivity contribution in [3.8, 4) is 5.69 Å². The number of furan rings is 1. The highest BCUT2D eigenvalue weighted by molar-refractivity contribution is 6.36. The summed E-state index contributed by atoms with van der Waals surface area (Å²) in [7, 11) is 0. The zero-order valence-corrected chi connectivity index (χ0v) is 28.1. The largest absolute Gasteiger partial charge is 0.454 e. The van der Waals surface area contributed by atoms with E-state index in [1.54, 1.807) is 0 Å². The van der Waals surface area contributed by atoms with Gasteiger partial charge in [0.2, 0.25) is 0 Å². The van der Waals surface area contributed by atoms with Crippen LogP contribution >= 0.6 is 0 Å². The standard InChI is InChI=1S/C48H31N3O/c1-3-14-31(15-4-1)40-29-41(32-16-5-2-6-17-32)50-48(49-40)33-23-26-34(27-24-33)51-45-35-18-8-7-13-30(35)25-28-39(45)43-36-19-9-10-20-37(36)44-38-21-11-12-22-42(38)52-47(44)46(43)51/h1-29,40H,(H,49,50). The average molecular weight is 666 g/mol. The van der Waals surface area contributed by atoms with E-state index in [2.05, 4.69) is 180 Å². The second-order valence-electron chi connectivity index (χ2n) is 13.5. The van der Waals surface area contributed by atoms with Crippen LogP contribution < -0.4 is 5.32 Å². The molecule has 0 saturated heterocycles. The van der Waals surface area contributed by atoms with Crippen molar-refractivity contribution < 1.29 is 4.42 Å². The molecule has 52 heavy (non-hydrogen) atoms. The number of nitrogens with one attached hydrogen (secondary N) is 1. The maximum atomic E-state index is 6.85. The third-order valence-corrected chi connectivity index (χ3v) is 10.6. The van der Waals surface area contributed by atoms with Gasteiger partial charge in [0.25, 0.3) is 0 Å². The Kier molecular flexibility index (Phi) is 6.28. The molecule has 10 aromatic rings. The van der Waals surface area contributed by atoms with Gasteiger partial charge in [-0.3, -0.25) is 0 Å². The zero-order valence-electron chi connectivity index (χ0n) is 28.1. The second-order valence-corrected chi connectivity index (χ2v) is 13.5. The Balaban J connectivity index is 1.17. The fourth-order valence-corrected chi connectivity index (χ4v) is 8.26. The van der Waals surface area contributed by atoms with E-state index in [1.165, 1.54) is 43.4 Å². The van der Waals surface area contributed by atoms with E-state index in [-0.39, 0.29) is 6.04 Å². The minimum atomic E-state index is -0.0121. The van der Waals surface area contributed by atoms with Crippen LogP contribution in [0.5, 0.6) is 0 Å². The van der Waals surface area contributed by atoms with Crippen LogP contribution in [0.2, 0.25) is 0 Å². The van der Waals surface area contributed by atoms with Crippen LogP contribution in [0.4, 0.5) is 0 Å². The molecule has 1 unspecified atom stereocenters. The molecule has 4 nitrogen and oxygen atoms in total. The van der Waals surface area contributed by atoms with Gasteiger partial charge in [0.05, 0.1) is 22.8 Å². The number of hydrogen-bond donors (Lipinski definition) is 1. The molecule has 0 amide bonds. The van der Waals surface area contributed by atoms with Crippen LogP contribution in [0.3, 0.4) is 0 Å². The Morgan fingerprint density at radius 1 is 0.500 bits per heavy atom. The lowest BCUT2D eigenvalue weighted by Crippen LogP contribution is -2.31. The zero-order chi connectivity index (χ0) is 34.2. The third kappa shape index (κ3) is 4.31. The molecule has 0 bridgehead atoms. The average Bonchev–Trinajstić information content (AvgIpc) is 3.79. The maximum Gasteiger partial charge on any atom is 0.160 e. The normalized spacial score (nSPS) is 14.7. The first kappa shape index (κ1) is 28.9. The molecule has 4 heteroatoms. The monoisotopic (exact) mass is 665 g/mol. The number of nitrogens with zero attached hydrogens (tertiary/aromatic N) is 2. The van der Waals surface area contributed by atoms with Gasteiger partial charge in [0.1, 0.15) is 11.4 Å². The van der Waals surface area contributed by atoms with Crippen molar-refractivity contribution in [3.63, 3.8) is 0 Å². The van der Waals surface area contributed by atoms with Gasteiger partial charge in [0, 0.05) is 38.2 Å². The fraction of sp³-hybridized carbons (Fsp3) is 0.0208. The molecule has 0 aliphatic carbocycles. The number of rotatable bonds is 4. The van der Waals surface area contributed by atoms with Crippen molar-refractivity contribution in [2.75, 3.05) is 0 Å². The summed E-state index contributed by atoms with van der Waals surface area (Å²) >= 11 is 0. The van der Waals surface area contributed by atoms with E-state index in [0.29, 0.717) is 0 Å². The Morgan fingerprint density at radius 2 is 1.15 bits per heavy atom. The molecule has 2 aromatic heterocycles. The summed E-state index contributed by atoms with van der Waals surface area (Å²) in [4.78, 5) is 5.18. The molecule has 1 atom stereocenters. The molecule has 8 aromatic carbocycles. The van der Waals surface area contributed by atoms with E-state index in [0.717, 1.165) is 55.8 Å². The number of benzene rings is 8. The Hall–Kier alpha value is -6.91. The highest BCUT2D eigenvalue weighted by Gasteiger charge is 2.25. The molecule has 1 N–H and O–H groups in total. The number of aromatic nitrogens is 1. The highest BCUT2D eigenvalue weighted by atomic mass is 16.3. The minimum absolute atomic E-state index is 0.0121. The van der Waals surface area contributed by atoms with E-state index < -0.39 is 0 Å². The van der Waals surface area contributed by atoms with Gasteiger partial charge in [-0.1, -0.05) is 140 Å². The Bertz CT molecular complexity index is 3080. The second kappa shape index (κ2) is 11.3. The summed E-state index contributed by atoms with van der Waals surface area (Å²) in [6, 6.07) is 60.2. The van der Waals surface area contributed by atoms with Crippen molar-refractivity contribution in [1.82, 2.24) is 9.88 Å². The van der Waals surface area contributed by atoms with Crippen LogP contribution in [-0.4, -0.2) is 10.4 Å². The van der Waals surface area contributed by atoms with Crippen molar-refractivity contribution in [2.24, 2.45) is 4.99 Å². The summed E-state index contributed by atoms with van der Waals surface area (Å²) in [5.74, 6) is 0.847. The van der Waals surface area contributed by atoms with Crippen molar-refractivity contribution >= 4 is 76.8 Å². The fourth-order valence-electron chi connectivity index (χ4n) is 8.26. The molecule has 0 fully saturated rings. The van der Waals surface area contributed by atoms with Crippen molar-refractivity contribution in [3.05, 3.63) is 193 Å². The van der Waals surface area contributed by atoms with E-state index in [9.17, 15) is 0 Å². The summed E-state index contributed by atoms with van der Waals surface area (Å²) in [6.07, 6.45) is 2.22. The summed E-state index contributed by atoms with van der Waals surface area (Å²) in [6.45, 7) is 0. The maximum absolute atomic E-state index is 6.85. The number of para-hydroxylation sites is 1. The Labute approximate surface area is 299 Å². The first-order valence-electron chi connectivity index (χ1n) is 17.8. The van der Waals surface area contributed by atoms with Gasteiger partial charge in [0.15, 0.2) is 5.58 Å². The molecule has 3 heterocycles. The molecule has 0 spiro atoms. The molecular formula is C48H31N3O. The summed E-state index contributed by atoms with van der Waals surface area (Å²) in [5, 5.41) is 13.3. The predicted octanol–water partition coefficient (Wildman–Crippen LogP) is 12.1.